The molecule has 0 aliphatic rings. The highest BCUT2D eigenvalue weighted by Gasteiger charge is 2.14. The summed E-state index contributed by atoms with van der Waals surface area (Å²) in [5, 5.41) is 9.56. The van der Waals surface area contributed by atoms with Gasteiger partial charge in [0.25, 0.3) is 0 Å². The van der Waals surface area contributed by atoms with Gasteiger partial charge in [0.1, 0.15) is 11.4 Å². The maximum atomic E-state index is 9.56. The van der Waals surface area contributed by atoms with Crippen LogP contribution in [-0.4, -0.2) is 21.6 Å². The molecule has 2 heterocycles. The van der Waals surface area contributed by atoms with Gasteiger partial charge in [0.2, 0.25) is 0 Å². The number of imidazole rings is 1. The molecule has 0 saturated carbocycles. The predicted octanol–water partition coefficient (Wildman–Crippen LogP) is 3.19. The molecule has 2 aromatic heterocycles. The van der Waals surface area contributed by atoms with Crippen LogP contribution >= 0.6 is 15.9 Å². The van der Waals surface area contributed by atoms with Gasteiger partial charge in [0.05, 0.1) is 25.1 Å². The molecule has 0 atom stereocenters. The van der Waals surface area contributed by atoms with E-state index in [9.17, 15) is 5.11 Å². The lowest BCUT2D eigenvalue weighted by Gasteiger charge is -2.10. The zero-order valence-corrected chi connectivity index (χ0v) is 13.2. The molecule has 0 radical (unpaired) electrons. The monoisotopic (exact) mass is 346 g/mol. The Balaban J connectivity index is 2.11. The number of methoxy groups -OCH3 is 1. The fourth-order valence-corrected chi connectivity index (χ4v) is 2.88. The highest BCUT2D eigenvalue weighted by molar-refractivity contribution is 9.10. The molecule has 0 spiro atoms. The van der Waals surface area contributed by atoms with Crippen molar-refractivity contribution in [3.05, 3.63) is 64.0 Å². The van der Waals surface area contributed by atoms with Gasteiger partial charge in [-0.2, -0.15) is 0 Å². The summed E-state index contributed by atoms with van der Waals surface area (Å²) >= 11 is 3.49. The maximum absolute atomic E-state index is 9.56. The van der Waals surface area contributed by atoms with E-state index in [0.717, 1.165) is 27.1 Å². The van der Waals surface area contributed by atoms with Crippen LogP contribution in [0.2, 0.25) is 0 Å². The zero-order chi connectivity index (χ0) is 14.8. The van der Waals surface area contributed by atoms with Crippen molar-refractivity contribution in [3.63, 3.8) is 0 Å². The third-order valence-electron chi connectivity index (χ3n) is 3.46. The van der Waals surface area contributed by atoms with Gasteiger partial charge in [0.15, 0.2) is 0 Å². The summed E-state index contributed by atoms with van der Waals surface area (Å²) in [6.07, 6.45) is 2.60. The summed E-state index contributed by atoms with van der Waals surface area (Å²) in [7, 11) is 1.66. The third kappa shape index (κ3) is 2.66. The molecule has 4 nitrogen and oxygen atoms in total. The predicted molar refractivity (Wildman–Crippen MR) is 84.6 cm³/mol. The first-order valence-electron chi connectivity index (χ1n) is 6.61. The minimum Gasteiger partial charge on any atom is -0.496 e. The molecule has 0 aliphatic carbocycles. The summed E-state index contributed by atoms with van der Waals surface area (Å²) in [5.41, 5.74) is 3.56. The van der Waals surface area contributed by atoms with Crippen molar-refractivity contribution in [3.8, 4) is 5.75 Å². The number of benzene rings is 1. The minimum absolute atomic E-state index is 0.0761. The number of aliphatic hydroxyl groups excluding tert-OH is 1. The van der Waals surface area contributed by atoms with E-state index in [0.29, 0.717) is 12.1 Å². The molecule has 0 bridgehead atoms. The van der Waals surface area contributed by atoms with Crippen LogP contribution in [0.1, 0.15) is 17.0 Å². The number of rotatable bonds is 4. The zero-order valence-electron chi connectivity index (χ0n) is 11.6. The number of fused-ring (bicyclic) bond motifs is 1. The van der Waals surface area contributed by atoms with E-state index in [1.807, 2.05) is 47.0 Å². The van der Waals surface area contributed by atoms with Crippen LogP contribution in [0.15, 0.2) is 47.1 Å². The molecule has 0 saturated heterocycles. The Morgan fingerprint density at radius 3 is 2.90 bits per heavy atom. The molecule has 3 rings (SSSR count). The fraction of sp³-hybridized carbons (Fsp3) is 0.188. The van der Waals surface area contributed by atoms with Gasteiger partial charge in [-0.3, -0.25) is 0 Å². The Labute approximate surface area is 131 Å². The lowest BCUT2D eigenvalue weighted by Crippen LogP contribution is -2.00. The molecule has 0 amide bonds. The Kier molecular flexibility index (Phi) is 3.94. The Bertz CT molecular complexity index is 783. The number of ether oxygens (including phenoxy) is 1. The number of aromatic nitrogens is 2. The smallest absolute Gasteiger partial charge is 0.137 e. The van der Waals surface area contributed by atoms with E-state index in [4.69, 9.17) is 4.74 Å². The fourth-order valence-electron chi connectivity index (χ4n) is 2.47. The maximum Gasteiger partial charge on any atom is 0.137 e. The van der Waals surface area contributed by atoms with E-state index >= 15 is 0 Å². The minimum atomic E-state index is -0.0761. The van der Waals surface area contributed by atoms with Crippen molar-refractivity contribution in [2.75, 3.05) is 7.11 Å². The average molecular weight is 347 g/mol. The van der Waals surface area contributed by atoms with Crippen LogP contribution in [-0.2, 0) is 13.0 Å². The van der Waals surface area contributed by atoms with Gasteiger partial charge in [-0.15, -0.1) is 0 Å². The molecule has 0 aliphatic heterocycles. The number of nitrogens with zero attached hydrogens (tertiary/aromatic N) is 2. The Hall–Kier alpha value is -1.85. The van der Waals surface area contributed by atoms with E-state index in [1.165, 1.54) is 0 Å². The summed E-state index contributed by atoms with van der Waals surface area (Å²) in [5.74, 6) is 0.827. The summed E-state index contributed by atoms with van der Waals surface area (Å²) < 4.78 is 8.43. The Morgan fingerprint density at radius 1 is 1.29 bits per heavy atom. The van der Waals surface area contributed by atoms with Crippen LogP contribution in [0, 0.1) is 0 Å². The third-order valence-corrected chi connectivity index (χ3v) is 3.96. The largest absolute Gasteiger partial charge is 0.496 e. The second-order valence-corrected chi connectivity index (χ2v) is 5.64. The lowest BCUT2D eigenvalue weighted by molar-refractivity contribution is 0.276. The van der Waals surface area contributed by atoms with Crippen LogP contribution < -0.4 is 4.74 Å². The van der Waals surface area contributed by atoms with E-state index in [2.05, 4.69) is 20.9 Å². The van der Waals surface area contributed by atoms with E-state index in [-0.39, 0.29) is 6.61 Å². The summed E-state index contributed by atoms with van der Waals surface area (Å²) in [6.45, 7) is -0.0761. The molecule has 108 valence electrons. The molecule has 3 aromatic rings. The van der Waals surface area contributed by atoms with Crippen LogP contribution in [0.25, 0.3) is 5.65 Å². The number of hydrogen-bond donors (Lipinski definition) is 1. The first-order valence-corrected chi connectivity index (χ1v) is 7.40. The molecular formula is C16H15BrN2O2. The summed E-state index contributed by atoms with van der Waals surface area (Å²) in [4.78, 5) is 4.47. The van der Waals surface area contributed by atoms with Gasteiger partial charge in [-0.25, -0.2) is 4.98 Å². The van der Waals surface area contributed by atoms with Crippen molar-refractivity contribution in [2.45, 2.75) is 13.0 Å². The molecule has 21 heavy (non-hydrogen) atoms. The second-order valence-electron chi connectivity index (χ2n) is 4.73. The van der Waals surface area contributed by atoms with Crippen LogP contribution in [0.5, 0.6) is 5.75 Å². The normalized spacial score (nSPS) is 11.0. The van der Waals surface area contributed by atoms with Crippen LogP contribution in [0.4, 0.5) is 0 Å². The standard InChI is InChI=1S/C16H15BrN2O2/c1-21-15-6-5-12(17)8-11(15)9-14-13(10-20)18-16-4-2-3-7-19(14)16/h2-8,20H,9-10H2,1H3. The number of hydrogen-bond acceptors (Lipinski definition) is 3. The first-order chi connectivity index (χ1) is 10.2. The van der Waals surface area contributed by atoms with Gasteiger partial charge in [0, 0.05) is 22.7 Å². The second kappa shape index (κ2) is 5.87. The van der Waals surface area contributed by atoms with Crippen molar-refractivity contribution in [1.82, 2.24) is 9.38 Å². The number of aliphatic hydroxyl groups is 1. The molecule has 1 aromatic carbocycles. The van der Waals surface area contributed by atoms with E-state index in [1.54, 1.807) is 7.11 Å². The highest BCUT2D eigenvalue weighted by atomic mass is 79.9. The number of pyridine rings is 1. The molecule has 0 fully saturated rings. The Morgan fingerprint density at radius 2 is 2.14 bits per heavy atom. The molecule has 5 heteroatoms. The van der Waals surface area contributed by atoms with Gasteiger partial charge < -0.3 is 14.2 Å². The van der Waals surface area contributed by atoms with E-state index < -0.39 is 0 Å². The van der Waals surface area contributed by atoms with Crippen molar-refractivity contribution >= 4 is 21.6 Å². The van der Waals surface area contributed by atoms with Gasteiger partial charge in [-0.05, 0) is 30.3 Å². The first kappa shape index (κ1) is 14.1. The van der Waals surface area contributed by atoms with Crippen LogP contribution in [0.3, 0.4) is 0 Å². The summed E-state index contributed by atoms with van der Waals surface area (Å²) in [6, 6.07) is 11.7. The van der Waals surface area contributed by atoms with Crippen molar-refractivity contribution in [2.24, 2.45) is 0 Å². The lowest BCUT2D eigenvalue weighted by atomic mass is 10.1. The van der Waals surface area contributed by atoms with Gasteiger partial charge >= 0.3 is 0 Å². The molecule has 0 unspecified atom stereocenters. The quantitative estimate of drug-likeness (QED) is 0.789. The molecular weight excluding hydrogens is 332 g/mol. The van der Waals surface area contributed by atoms with Gasteiger partial charge in [-0.1, -0.05) is 22.0 Å². The highest BCUT2D eigenvalue weighted by Crippen LogP contribution is 2.27. The topological polar surface area (TPSA) is 46.8 Å². The number of halogens is 1. The average Bonchev–Trinajstić information content (AvgIpc) is 2.86. The molecule has 1 N–H and O–H groups in total. The SMILES string of the molecule is COc1ccc(Br)cc1Cc1c(CO)nc2ccccn12. The van der Waals surface area contributed by atoms with Crippen molar-refractivity contribution in [1.29, 1.82) is 0 Å². The van der Waals surface area contributed by atoms with Crippen molar-refractivity contribution < 1.29 is 9.84 Å².